The Morgan fingerprint density at radius 2 is 0.596 bits per heavy atom. The van der Waals surface area contributed by atoms with Gasteiger partial charge in [0.1, 0.15) is 0 Å². The number of hydrogen-bond acceptors (Lipinski definition) is 6. The molecule has 0 saturated carbocycles. The van der Waals surface area contributed by atoms with Gasteiger partial charge in [-0.05, 0) is 152 Å². The lowest BCUT2D eigenvalue weighted by molar-refractivity contribution is 0.730. The quantitative estimate of drug-likeness (QED) is 0.152. The summed E-state index contributed by atoms with van der Waals surface area (Å²) in [5.74, 6) is 0. The molecule has 0 atom stereocenters. The Kier molecular flexibility index (Phi) is 18.2. The van der Waals surface area contributed by atoms with Gasteiger partial charge < -0.3 is 0 Å². The van der Waals surface area contributed by atoms with E-state index in [9.17, 15) is 0 Å². The molecule has 0 unspecified atom stereocenters. The standard InChI is InChI=1S/2C7H12N2.2C6H9BrN2.2C6H10N2/c2*1-5-6(2)8-9(4)7(5)3;2*1-4-6(7)5(2)9(3)8-4;2*1-5-4-6(2)8(3)7-5/h2*1-4H3;2*1-3H3;2*4H,1-3H3. The average molecular weight is 847 g/mol. The minimum atomic E-state index is 1.05. The van der Waals surface area contributed by atoms with Crippen LogP contribution < -0.4 is 0 Å². The van der Waals surface area contributed by atoms with Crippen molar-refractivity contribution in [3.05, 3.63) is 101 Å². The maximum absolute atomic E-state index is 4.23. The van der Waals surface area contributed by atoms with Crippen LogP contribution in [0.25, 0.3) is 0 Å². The van der Waals surface area contributed by atoms with Crippen LogP contribution in [0, 0.1) is 96.9 Å². The predicted octanol–water partition coefficient (Wildman–Crippen LogP) is 8.36. The van der Waals surface area contributed by atoms with E-state index in [2.05, 4.69) is 102 Å². The fourth-order valence-electron chi connectivity index (χ4n) is 4.73. The Bertz CT molecular complexity index is 1650. The van der Waals surface area contributed by atoms with E-state index in [4.69, 9.17) is 0 Å². The van der Waals surface area contributed by atoms with Crippen LogP contribution in [0.3, 0.4) is 0 Å². The van der Waals surface area contributed by atoms with Gasteiger partial charge in [-0.25, -0.2) is 0 Å². The topological polar surface area (TPSA) is 107 Å². The molecule has 6 aromatic heterocycles. The highest BCUT2D eigenvalue weighted by Crippen LogP contribution is 2.19. The summed E-state index contributed by atoms with van der Waals surface area (Å²) in [5.41, 5.74) is 16.4. The van der Waals surface area contributed by atoms with Crippen molar-refractivity contribution >= 4 is 31.9 Å². The summed E-state index contributed by atoms with van der Waals surface area (Å²) in [6, 6.07) is 4.11. The maximum Gasteiger partial charge on any atom is 0.0738 e. The Hall–Kier alpha value is -3.78. The molecule has 0 aromatic carbocycles. The molecule has 0 fully saturated rings. The number of nitrogens with zero attached hydrogens (tertiary/aromatic N) is 12. The normalized spacial score (nSPS) is 10.1. The third-order valence-corrected chi connectivity index (χ3v) is 11.4. The second-order valence-corrected chi connectivity index (χ2v) is 14.7. The molecule has 0 N–H and O–H groups in total. The van der Waals surface area contributed by atoms with Crippen molar-refractivity contribution in [3.63, 3.8) is 0 Å². The minimum absolute atomic E-state index is 1.05. The molecule has 0 amide bonds. The third-order valence-electron chi connectivity index (χ3n) is 9.05. The molecule has 0 radical (unpaired) electrons. The first kappa shape index (κ1) is 46.2. The third kappa shape index (κ3) is 13.3. The van der Waals surface area contributed by atoms with Crippen molar-refractivity contribution in [2.75, 3.05) is 0 Å². The first-order valence-corrected chi connectivity index (χ1v) is 18.7. The molecule has 6 heterocycles. The van der Waals surface area contributed by atoms with Gasteiger partial charge in [-0.3, -0.25) is 28.1 Å². The highest BCUT2D eigenvalue weighted by atomic mass is 79.9. The highest BCUT2D eigenvalue weighted by Gasteiger charge is 2.05. The summed E-state index contributed by atoms with van der Waals surface area (Å²) in [7, 11) is 11.7. The van der Waals surface area contributed by atoms with Gasteiger partial charge in [0.2, 0.25) is 0 Å². The van der Waals surface area contributed by atoms with Crippen LogP contribution in [-0.2, 0) is 42.3 Å². The van der Waals surface area contributed by atoms with Gasteiger partial charge in [0, 0.05) is 76.4 Å². The van der Waals surface area contributed by atoms with E-state index in [0.29, 0.717) is 0 Å². The van der Waals surface area contributed by atoms with Crippen molar-refractivity contribution in [1.82, 2.24) is 58.7 Å². The zero-order valence-electron chi connectivity index (χ0n) is 35.3. The van der Waals surface area contributed by atoms with E-state index in [1.165, 1.54) is 45.3 Å². The second kappa shape index (κ2) is 20.5. The predicted molar refractivity (Wildman–Crippen MR) is 221 cm³/mol. The molecule has 0 aliphatic rings. The lowest BCUT2D eigenvalue weighted by Gasteiger charge is -1.90. The number of aromatic nitrogens is 12. The molecule has 6 rings (SSSR count). The zero-order chi connectivity index (χ0) is 40.4. The van der Waals surface area contributed by atoms with Crippen LogP contribution in [0.15, 0.2) is 21.1 Å². The van der Waals surface area contributed by atoms with Gasteiger partial charge in [0.15, 0.2) is 0 Å². The van der Waals surface area contributed by atoms with Crippen molar-refractivity contribution in [2.45, 2.75) is 96.9 Å². The van der Waals surface area contributed by atoms with Gasteiger partial charge in [0.25, 0.3) is 0 Å². The molecule has 0 saturated heterocycles. The van der Waals surface area contributed by atoms with E-state index >= 15 is 0 Å². The summed E-state index contributed by atoms with van der Waals surface area (Å²) >= 11 is 6.83. The Morgan fingerprint density at radius 1 is 0.346 bits per heavy atom. The summed E-state index contributed by atoms with van der Waals surface area (Å²) < 4.78 is 13.5. The van der Waals surface area contributed by atoms with Gasteiger partial charge in [0.05, 0.1) is 43.1 Å². The number of hydrogen-bond donors (Lipinski definition) is 0. The lowest BCUT2D eigenvalue weighted by atomic mass is 10.2. The molecule has 14 heteroatoms. The summed E-state index contributed by atoms with van der Waals surface area (Å²) in [6.07, 6.45) is 0. The summed E-state index contributed by atoms with van der Waals surface area (Å²) in [5, 5.41) is 25.1. The first-order valence-electron chi connectivity index (χ1n) is 17.1. The molecule has 6 aromatic rings. The van der Waals surface area contributed by atoms with Crippen LogP contribution in [0.5, 0.6) is 0 Å². The van der Waals surface area contributed by atoms with Crippen molar-refractivity contribution < 1.29 is 0 Å². The van der Waals surface area contributed by atoms with Gasteiger partial charge in [-0.15, -0.1) is 0 Å². The van der Waals surface area contributed by atoms with E-state index < -0.39 is 0 Å². The lowest BCUT2D eigenvalue weighted by Crippen LogP contribution is -1.92. The summed E-state index contributed by atoms with van der Waals surface area (Å²) in [4.78, 5) is 0. The van der Waals surface area contributed by atoms with E-state index in [-0.39, 0.29) is 0 Å². The molecule has 12 nitrogen and oxygen atoms in total. The van der Waals surface area contributed by atoms with Crippen LogP contribution in [0.1, 0.15) is 79.5 Å². The number of halogens is 2. The molecular weight excluding hydrogens is 784 g/mol. The Morgan fingerprint density at radius 3 is 0.654 bits per heavy atom. The van der Waals surface area contributed by atoms with Crippen LogP contribution in [-0.4, -0.2) is 58.7 Å². The van der Waals surface area contributed by atoms with Gasteiger partial charge >= 0.3 is 0 Å². The zero-order valence-corrected chi connectivity index (χ0v) is 38.4. The largest absolute Gasteiger partial charge is 0.273 e. The SMILES string of the molecule is Cc1cc(C)n(C)n1.Cc1cc(C)n(C)n1.Cc1nn(C)c(C)c1Br.Cc1nn(C)c(C)c1Br.Cc1nn(C)c(C)c1C.Cc1nn(C)c(C)c1C. The van der Waals surface area contributed by atoms with Crippen molar-refractivity contribution in [1.29, 1.82) is 0 Å². The van der Waals surface area contributed by atoms with Crippen molar-refractivity contribution in [2.24, 2.45) is 42.3 Å². The Balaban J connectivity index is 0.000000312. The molecule has 52 heavy (non-hydrogen) atoms. The monoisotopic (exact) mass is 844 g/mol. The number of rotatable bonds is 0. The first-order chi connectivity index (χ1) is 23.9. The average Bonchev–Trinajstić information content (AvgIpc) is 3.80. The molecule has 288 valence electrons. The maximum atomic E-state index is 4.23. The Labute approximate surface area is 328 Å². The highest BCUT2D eigenvalue weighted by molar-refractivity contribution is 9.10. The second-order valence-electron chi connectivity index (χ2n) is 13.2. The van der Waals surface area contributed by atoms with E-state index in [1.54, 1.807) is 0 Å². The summed E-state index contributed by atoms with van der Waals surface area (Å²) in [6.45, 7) is 28.5. The molecule has 0 aliphatic heterocycles. The van der Waals surface area contributed by atoms with Crippen LogP contribution in [0.2, 0.25) is 0 Å². The van der Waals surface area contributed by atoms with E-state index in [1.807, 2.05) is 140 Å². The van der Waals surface area contributed by atoms with Crippen LogP contribution in [0.4, 0.5) is 0 Å². The van der Waals surface area contributed by atoms with Gasteiger partial charge in [-0.1, -0.05) is 0 Å². The van der Waals surface area contributed by atoms with Gasteiger partial charge in [-0.2, -0.15) is 30.6 Å². The van der Waals surface area contributed by atoms with E-state index in [0.717, 1.165) is 43.1 Å². The number of aryl methyl sites for hydroxylation is 14. The fraction of sp³-hybridized carbons (Fsp3) is 0.526. The molecule has 0 spiro atoms. The fourth-order valence-corrected chi connectivity index (χ4v) is 5.41. The van der Waals surface area contributed by atoms with Crippen molar-refractivity contribution in [3.8, 4) is 0 Å². The molecule has 0 aliphatic carbocycles. The van der Waals surface area contributed by atoms with Crippen LogP contribution >= 0.6 is 31.9 Å². The minimum Gasteiger partial charge on any atom is -0.273 e. The smallest absolute Gasteiger partial charge is 0.0738 e. The molecule has 0 bridgehead atoms. The molecular formula is C38H62Br2N12.